The number of nitrogens with one attached hydrogen (secondary N) is 2. The number of carbonyl (C=O) groups excluding carboxylic acids is 1. The van der Waals surface area contributed by atoms with Crippen molar-refractivity contribution in [3.05, 3.63) is 23.8 Å². The molecule has 0 spiro atoms. The van der Waals surface area contributed by atoms with E-state index >= 15 is 0 Å². The van der Waals surface area contributed by atoms with E-state index in [4.69, 9.17) is 0 Å². The van der Waals surface area contributed by atoms with Crippen LogP contribution in [0.2, 0.25) is 0 Å². The second-order valence-corrected chi connectivity index (χ2v) is 5.73. The maximum Gasteiger partial charge on any atom is 0.221 e. The zero-order valence-corrected chi connectivity index (χ0v) is 11.6. The fourth-order valence-corrected chi connectivity index (χ4v) is 2.09. The Kier molecular flexibility index (Phi) is 3.33. The summed E-state index contributed by atoms with van der Waals surface area (Å²) in [5.74, 6) is -0.0301. The molecule has 1 aromatic carbocycles. The van der Waals surface area contributed by atoms with E-state index in [1.807, 2.05) is 19.1 Å². The topological polar surface area (TPSA) is 41.1 Å². The molecule has 1 amide bonds. The van der Waals surface area contributed by atoms with Crippen LogP contribution in [0.5, 0.6) is 0 Å². The fourth-order valence-electron chi connectivity index (χ4n) is 2.09. The summed E-state index contributed by atoms with van der Waals surface area (Å²) in [4.78, 5) is 11.1. The van der Waals surface area contributed by atoms with Gasteiger partial charge in [0.15, 0.2) is 0 Å². The number of hydrogen-bond donors (Lipinski definition) is 2. The highest BCUT2D eigenvalue weighted by molar-refractivity contribution is 5.90. The van der Waals surface area contributed by atoms with E-state index in [0.717, 1.165) is 16.9 Å². The average molecular weight is 246 g/mol. The van der Waals surface area contributed by atoms with Crippen LogP contribution in [0.4, 0.5) is 11.4 Å². The van der Waals surface area contributed by atoms with Crippen molar-refractivity contribution >= 4 is 17.3 Å². The normalized spacial score (nSPS) is 18.0. The first-order valence-corrected chi connectivity index (χ1v) is 6.55. The number of rotatable bonds is 4. The Morgan fingerprint density at radius 3 is 2.61 bits per heavy atom. The van der Waals surface area contributed by atoms with Crippen molar-refractivity contribution in [1.82, 2.24) is 0 Å². The molecule has 2 rings (SSSR count). The standard InChI is InChI=1S/C15H22N2O/c1-10-5-6-13(9-14(10)17-12(3)18)16-11(2)15(4)7-8-15/h5-6,9,11,16H,7-8H2,1-4H3,(H,17,18). The van der Waals surface area contributed by atoms with Crippen LogP contribution in [0.3, 0.4) is 0 Å². The van der Waals surface area contributed by atoms with Gasteiger partial charge in [-0.1, -0.05) is 13.0 Å². The Morgan fingerprint density at radius 1 is 1.39 bits per heavy atom. The third-order valence-corrected chi connectivity index (χ3v) is 4.02. The molecule has 1 aliphatic rings. The zero-order valence-electron chi connectivity index (χ0n) is 11.6. The lowest BCUT2D eigenvalue weighted by Crippen LogP contribution is -2.24. The summed E-state index contributed by atoms with van der Waals surface area (Å²) in [6.07, 6.45) is 2.59. The van der Waals surface area contributed by atoms with E-state index in [1.54, 1.807) is 0 Å². The molecule has 1 fully saturated rings. The van der Waals surface area contributed by atoms with Gasteiger partial charge in [-0.25, -0.2) is 0 Å². The van der Waals surface area contributed by atoms with Crippen LogP contribution in [-0.4, -0.2) is 11.9 Å². The number of benzene rings is 1. The van der Waals surface area contributed by atoms with Gasteiger partial charge in [0.05, 0.1) is 0 Å². The largest absolute Gasteiger partial charge is 0.382 e. The Bertz CT molecular complexity index is 464. The molecule has 3 heteroatoms. The summed E-state index contributed by atoms with van der Waals surface area (Å²) in [5, 5.41) is 6.40. The van der Waals surface area contributed by atoms with Crippen molar-refractivity contribution in [2.75, 3.05) is 10.6 Å². The first-order valence-electron chi connectivity index (χ1n) is 6.55. The molecule has 98 valence electrons. The Hall–Kier alpha value is -1.51. The van der Waals surface area contributed by atoms with Crippen LogP contribution in [0.25, 0.3) is 0 Å². The van der Waals surface area contributed by atoms with Crippen LogP contribution >= 0.6 is 0 Å². The zero-order chi connectivity index (χ0) is 13.3. The van der Waals surface area contributed by atoms with Crippen LogP contribution in [0.15, 0.2) is 18.2 Å². The van der Waals surface area contributed by atoms with Gasteiger partial charge >= 0.3 is 0 Å². The lowest BCUT2D eigenvalue weighted by Gasteiger charge is -2.22. The molecule has 1 aromatic rings. The molecule has 1 atom stereocenters. The Balaban J connectivity index is 2.11. The predicted molar refractivity (Wildman–Crippen MR) is 75.9 cm³/mol. The maximum atomic E-state index is 11.1. The third kappa shape index (κ3) is 2.84. The quantitative estimate of drug-likeness (QED) is 0.853. The van der Waals surface area contributed by atoms with E-state index in [-0.39, 0.29) is 5.91 Å². The van der Waals surface area contributed by atoms with Gasteiger partial charge in [0.1, 0.15) is 0 Å². The van der Waals surface area contributed by atoms with E-state index in [9.17, 15) is 4.79 Å². The average Bonchev–Trinajstić information content (AvgIpc) is 3.02. The fraction of sp³-hybridized carbons (Fsp3) is 0.533. The monoisotopic (exact) mass is 246 g/mol. The molecule has 0 aliphatic heterocycles. The maximum absolute atomic E-state index is 11.1. The van der Waals surface area contributed by atoms with Crippen molar-refractivity contribution in [3.8, 4) is 0 Å². The molecule has 1 saturated carbocycles. The SMILES string of the molecule is CC(=O)Nc1cc(NC(C)C2(C)CC2)ccc1C. The molecular weight excluding hydrogens is 224 g/mol. The molecule has 0 heterocycles. The molecular formula is C15H22N2O. The first-order chi connectivity index (χ1) is 8.40. The van der Waals surface area contributed by atoms with Crippen molar-refractivity contribution in [2.45, 2.75) is 46.6 Å². The minimum atomic E-state index is -0.0301. The molecule has 3 nitrogen and oxygen atoms in total. The first kappa shape index (κ1) is 12.9. The summed E-state index contributed by atoms with van der Waals surface area (Å²) < 4.78 is 0. The highest BCUT2D eigenvalue weighted by atomic mass is 16.1. The van der Waals surface area contributed by atoms with Crippen molar-refractivity contribution < 1.29 is 4.79 Å². The second kappa shape index (κ2) is 4.63. The molecule has 0 saturated heterocycles. The van der Waals surface area contributed by atoms with Gasteiger partial charge in [-0.15, -0.1) is 0 Å². The van der Waals surface area contributed by atoms with Crippen molar-refractivity contribution in [3.63, 3.8) is 0 Å². The van der Waals surface area contributed by atoms with Gasteiger partial charge in [0.2, 0.25) is 5.91 Å². The third-order valence-electron chi connectivity index (χ3n) is 4.02. The lowest BCUT2D eigenvalue weighted by atomic mass is 10.0. The van der Waals surface area contributed by atoms with E-state index in [1.165, 1.54) is 19.8 Å². The van der Waals surface area contributed by atoms with Crippen LogP contribution < -0.4 is 10.6 Å². The highest BCUT2D eigenvalue weighted by Crippen LogP contribution is 2.48. The molecule has 1 unspecified atom stereocenters. The van der Waals surface area contributed by atoms with E-state index in [2.05, 4.69) is 30.5 Å². The van der Waals surface area contributed by atoms with Gasteiger partial charge in [0.25, 0.3) is 0 Å². The lowest BCUT2D eigenvalue weighted by molar-refractivity contribution is -0.114. The van der Waals surface area contributed by atoms with Gasteiger partial charge in [-0.2, -0.15) is 0 Å². The Labute approximate surface area is 109 Å². The molecule has 18 heavy (non-hydrogen) atoms. The van der Waals surface area contributed by atoms with Crippen molar-refractivity contribution in [2.24, 2.45) is 5.41 Å². The molecule has 0 radical (unpaired) electrons. The van der Waals surface area contributed by atoms with E-state index < -0.39 is 0 Å². The van der Waals surface area contributed by atoms with Crippen molar-refractivity contribution in [1.29, 1.82) is 0 Å². The van der Waals surface area contributed by atoms with E-state index in [0.29, 0.717) is 11.5 Å². The minimum Gasteiger partial charge on any atom is -0.382 e. The van der Waals surface area contributed by atoms with Crippen LogP contribution in [-0.2, 0) is 4.79 Å². The number of amides is 1. The number of carbonyl (C=O) groups is 1. The Morgan fingerprint density at radius 2 is 2.06 bits per heavy atom. The highest BCUT2D eigenvalue weighted by Gasteiger charge is 2.42. The predicted octanol–water partition coefficient (Wildman–Crippen LogP) is 3.55. The minimum absolute atomic E-state index is 0.0301. The second-order valence-electron chi connectivity index (χ2n) is 5.73. The summed E-state index contributed by atoms with van der Waals surface area (Å²) >= 11 is 0. The summed E-state index contributed by atoms with van der Waals surface area (Å²) in [6.45, 7) is 8.08. The molecule has 2 N–H and O–H groups in total. The van der Waals surface area contributed by atoms with Gasteiger partial charge in [-0.3, -0.25) is 4.79 Å². The summed E-state index contributed by atoms with van der Waals surface area (Å²) in [7, 11) is 0. The molecule has 1 aliphatic carbocycles. The van der Waals surface area contributed by atoms with Gasteiger partial charge in [-0.05, 0) is 49.8 Å². The summed E-state index contributed by atoms with van der Waals surface area (Å²) in [5.41, 5.74) is 3.49. The smallest absolute Gasteiger partial charge is 0.221 e. The van der Waals surface area contributed by atoms with Crippen LogP contribution in [0.1, 0.15) is 39.2 Å². The number of hydrogen-bond acceptors (Lipinski definition) is 2. The number of aryl methyl sites for hydroxylation is 1. The number of anilines is 2. The summed E-state index contributed by atoms with van der Waals surface area (Å²) in [6, 6.07) is 6.59. The molecule has 0 bridgehead atoms. The van der Waals surface area contributed by atoms with Gasteiger partial charge in [0, 0.05) is 24.3 Å². The van der Waals surface area contributed by atoms with Gasteiger partial charge < -0.3 is 10.6 Å². The van der Waals surface area contributed by atoms with Crippen LogP contribution in [0, 0.1) is 12.3 Å². The molecule has 0 aromatic heterocycles.